The maximum Gasteiger partial charge on any atom is 0.128 e. The minimum Gasteiger partial charge on any atom is -0.313 e. The lowest BCUT2D eigenvalue weighted by atomic mass is 10.2. The Balaban J connectivity index is 2.84. The molecule has 0 aromatic heterocycles. The van der Waals surface area contributed by atoms with Crippen LogP contribution in [-0.2, 0) is 6.54 Å². The van der Waals surface area contributed by atoms with Gasteiger partial charge in [0.25, 0.3) is 0 Å². The molecule has 0 atom stereocenters. The van der Waals surface area contributed by atoms with E-state index in [1.54, 1.807) is 17.8 Å². The van der Waals surface area contributed by atoms with Crippen molar-refractivity contribution in [1.29, 1.82) is 0 Å². The van der Waals surface area contributed by atoms with E-state index in [0.717, 1.165) is 23.4 Å². The number of nitrogens with one attached hydrogen (secondary N) is 1. The quantitative estimate of drug-likeness (QED) is 0.624. The minimum absolute atomic E-state index is 0.104. The van der Waals surface area contributed by atoms with Gasteiger partial charge < -0.3 is 5.32 Å². The molecule has 1 aromatic carbocycles. The van der Waals surface area contributed by atoms with E-state index in [0.29, 0.717) is 6.54 Å². The van der Waals surface area contributed by atoms with Crippen LogP contribution in [0.1, 0.15) is 39.7 Å². The highest BCUT2D eigenvalue weighted by Gasteiger charge is 2.16. The van der Waals surface area contributed by atoms with Crippen molar-refractivity contribution in [3.63, 3.8) is 0 Å². The van der Waals surface area contributed by atoms with E-state index in [4.69, 9.17) is 0 Å². The number of hydrogen-bond acceptors (Lipinski definition) is 2. The largest absolute Gasteiger partial charge is 0.313 e. The molecule has 0 aliphatic heterocycles. The van der Waals surface area contributed by atoms with Gasteiger partial charge in [-0.15, -0.1) is 11.8 Å². The van der Waals surface area contributed by atoms with E-state index in [-0.39, 0.29) is 10.6 Å². The fourth-order valence-electron chi connectivity index (χ4n) is 1.53. The topological polar surface area (TPSA) is 12.0 Å². The molecule has 0 unspecified atom stereocenters. The van der Waals surface area contributed by atoms with Crippen molar-refractivity contribution in [2.45, 2.75) is 50.3 Å². The van der Waals surface area contributed by atoms with Crippen LogP contribution in [0, 0.1) is 5.82 Å². The molecule has 1 nitrogen and oxygen atoms in total. The molecule has 0 heterocycles. The van der Waals surface area contributed by atoms with Gasteiger partial charge in [-0.2, -0.15) is 0 Å². The first-order valence-corrected chi connectivity index (χ1v) is 6.93. The Morgan fingerprint density at radius 2 is 2.00 bits per heavy atom. The van der Waals surface area contributed by atoms with Crippen molar-refractivity contribution >= 4 is 11.8 Å². The Morgan fingerprint density at radius 3 is 2.59 bits per heavy atom. The summed E-state index contributed by atoms with van der Waals surface area (Å²) in [4.78, 5) is 1.04. The van der Waals surface area contributed by atoms with E-state index >= 15 is 0 Å². The predicted molar refractivity (Wildman–Crippen MR) is 74.0 cm³/mol. The summed E-state index contributed by atoms with van der Waals surface area (Å²) in [6.45, 7) is 10.1. The second-order valence-electron chi connectivity index (χ2n) is 5.11. The van der Waals surface area contributed by atoms with Gasteiger partial charge in [0.15, 0.2) is 0 Å². The van der Waals surface area contributed by atoms with Crippen LogP contribution in [-0.4, -0.2) is 11.3 Å². The Hall–Kier alpha value is -0.540. The zero-order chi connectivity index (χ0) is 12.9. The molecule has 0 spiro atoms. The summed E-state index contributed by atoms with van der Waals surface area (Å²) in [5, 5.41) is 3.27. The second kappa shape index (κ2) is 6.41. The maximum absolute atomic E-state index is 13.8. The smallest absolute Gasteiger partial charge is 0.128 e. The SMILES string of the molecule is CCCNCc1c(F)cccc1SC(C)(C)C. The highest BCUT2D eigenvalue weighted by Crippen LogP contribution is 2.34. The van der Waals surface area contributed by atoms with Gasteiger partial charge >= 0.3 is 0 Å². The van der Waals surface area contributed by atoms with Crippen molar-refractivity contribution in [2.24, 2.45) is 0 Å². The molecule has 1 N–H and O–H groups in total. The van der Waals surface area contributed by atoms with Crippen molar-refractivity contribution in [2.75, 3.05) is 6.54 Å². The first kappa shape index (κ1) is 14.5. The van der Waals surface area contributed by atoms with E-state index in [1.807, 2.05) is 6.07 Å². The molecule has 0 saturated carbocycles. The Labute approximate surface area is 108 Å². The Kier molecular flexibility index (Phi) is 5.47. The van der Waals surface area contributed by atoms with Crippen LogP contribution in [0.5, 0.6) is 0 Å². The molecule has 0 amide bonds. The maximum atomic E-state index is 13.8. The first-order chi connectivity index (χ1) is 7.94. The van der Waals surface area contributed by atoms with Crippen LogP contribution in [0.2, 0.25) is 0 Å². The third-order valence-corrected chi connectivity index (χ3v) is 3.44. The second-order valence-corrected chi connectivity index (χ2v) is 6.98. The molecule has 1 rings (SSSR count). The molecule has 0 fully saturated rings. The van der Waals surface area contributed by atoms with Gasteiger partial charge in [-0.05, 0) is 25.1 Å². The minimum atomic E-state index is -0.108. The van der Waals surface area contributed by atoms with Gasteiger partial charge in [0.05, 0.1) is 0 Å². The molecular weight excluding hydrogens is 233 g/mol. The third kappa shape index (κ3) is 5.09. The summed E-state index contributed by atoms with van der Waals surface area (Å²) in [7, 11) is 0. The number of thioether (sulfide) groups is 1. The average molecular weight is 255 g/mol. The van der Waals surface area contributed by atoms with E-state index in [9.17, 15) is 4.39 Å². The van der Waals surface area contributed by atoms with Crippen molar-refractivity contribution in [3.8, 4) is 0 Å². The van der Waals surface area contributed by atoms with E-state index in [1.165, 1.54) is 6.07 Å². The van der Waals surface area contributed by atoms with Gasteiger partial charge in [0.1, 0.15) is 5.82 Å². The summed E-state index contributed by atoms with van der Waals surface area (Å²) in [6.07, 6.45) is 1.07. The van der Waals surface area contributed by atoms with Crippen LogP contribution in [0.4, 0.5) is 4.39 Å². The molecule has 0 radical (unpaired) electrons. The molecule has 0 aliphatic carbocycles. The highest BCUT2D eigenvalue weighted by molar-refractivity contribution is 8.00. The van der Waals surface area contributed by atoms with Crippen LogP contribution < -0.4 is 5.32 Å². The van der Waals surface area contributed by atoms with Gasteiger partial charge in [-0.1, -0.05) is 33.8 Å². The molecule has 96 valence electrons. The standard InChI is InChI=1S/C14H22FNS/c1-5-9-16-10-11-12(15)7-6-8-13(11)17-14(2,3)4/h6-8,16H,5,9-10H2,1-4H3. The molecule has 0 bridgehead atoms. The monoisotopic (exact) mass is 255 g/mol. The van der Waals surface area contributed by atoms with Gasteiger partial charge in [-0.25, -0.2) is 4.39 Å². The predicted octanol–water partition coefficient (Wildman–Crippen LogP) is 4.22. The van der Waals surface area contributed by atoms with Crippen LogP contribution in [0.25, 0.3) is 0 Å². The summed E-state index contributed by atoms with van der Waals surface area (Å²) < 4.78 is 13.9. The third-order valence-electron chi connectivity index (χ3n) is 2.22. The average Bonchev–Trinajstić information content (AvgIpc) is 2.20. The Bertz CT molecular complexity index is 358. The van der Waals surface area contributed by atoms with Gasteiger partial charge in [0, 0.05) is 21.8 Å². The normalized spacial score (nSPS) is 11.8. The molecule has 3 heteroatoms. The van der Waals surface area contributed by atoms with E-state index in [2.05, 4.69) is 33.0 Å². The fraction of sp³-hybridized carbons (Fsp3) is 0.571. The van der Waals surface area contributed by atoms with Crippen molar-refractivity contribution in [1.82, 2.24) is 5.32 Å². The number of hydrogen-bond donors (Lipinski definition) is 1. The van der Waals surface area contributed by atoms with Gasteiger partial charge in [-0.3, -0.25) is 0 Å². The van der Waals surface area contributed by atoms with E-state index < -0.39 is 0 Å². The molecule has 17 heavy (non-hydrogen) atoms. The van der Waals surface area contributed by atoms with Crippen molar-refractivity contribution < 1.29 is 4.39 Å². The zero-order valence-electron chi connectivity index (χ0n) is 11.1. The molecular formula is C14H22FNS. The fourth-order valence-corrected chi connectivity index (χ4v) is 2.63. The molecule has 1 aromatic rings. The first-order valence-electron chi connectivity index (χ1n) is 6.11. The zero-order valence-corrected chi connectivity index (χ0v) is 12.0. The van der Waals surface area contributed by atoms with Crippen LogP contribution in [0.3, 0.4) is 0 Å². The Morgan fingerprint density at radius 1 is 1.29 bits per heavy atom. The molecule has 0 saturated heterocycles. The van der Waals surface area contributed by atoms with Crippen LogP contribution in [0.15, 0.2) is 23.1 Å². The molecule has 0 aliphatic rings. The van der Waals surface area contributed by atoms with Crippen LogP contribution >= 0.6 is 11.8 Å². The summed E-state index contributed by atoms with van der Waals surface area (Å²) in [5.41, 5.74) is 0.792. The van der Waals surface area contributed by atoms with Gasteiger partial charge in [0.2, 0.25) is 0 Å². The lowest BCUT2D eigenvalue weighted by molar-refractivity contribution is 0.578. The van der Waals surface area contributed by atoms with Crippen molar-refractivity contribution in [3.05, 3.63) is 29.6 Å². The number of rotatable bonds is 5. The number of halogens is 1. The number of benzene rings is 1. The summed E-state index contributed by atoms with van der Waals surface area (Å²) in [5.74, 6) is -0.108. The summed E-state index contributed by atoms with van der Waals surface area (Å²) in [6, 6.07) is 5.32. The lowest BCUT2D eigenvalue weighted by Crippen LogP contribution is -2.16. The highest BCUT2D eigenvalue weighted by atomic mass is 32.2. The lowest BCUT2D eigenvalue weighted by Gasteiger charge is -2.20. The summed E-state index contributed by atoms with van der Waals surface area (Å²) >= 11 is 1.72.